The Morgan fingerprint density at radius 3 is 2.84 bits per heavy atom. The quantitative estimate of drug-likeness (QED) is 0.855. The number of hydrogen-bond acceptors (Lipinski definition) is 7. The average Bonchev–Trinajstić information content (AvgIpc) is 3.01. The molecule has 136 valence electrons. The van der Waals surface area contributed by atoms with Crippen molar-refractivity contribution in [1.82, 2.24) is 20.4 Å². The van der Waals surface area contributed by atoms with Crippen molar-refractivity contribution in [3.05, 3.63) is 29.9 Å². The van der Waals surface area contributed by atoms with Crippen molar-refractivity contribution in [2.75, 3.05) is 6.61 Å². The number of alkyl carbamates (subject to hydrolysis) is 1. The third-order valence-electron chi connectivity index (χ3n) is 3.07. The first kappa shape index (κ1) is 18.9. The van der Waals surface area contributed by atoms with Crippen molar-refractivity contribution in [1.29, 1.82) is 0 Å². The fourth-order valence-corrected chi connectivity index (χ4v) is 1.98. The van der Waals surface area contributed by atoms with E-state index in [9.17, 15) is 4.79 Å². The largest absolute Gasteiger partial charge is 0.444 e. The Kier molecular flexibility index (Phi) is 6.08. The number of rotatable bonds is 6. The molecule has 0 aliphatic rings. The molecular formula is C17H24N4O4. The summed E-state index contributed by atoms with van der Waals surface area (Å²) in [7, 11) is 0. The summed E-state index contributed by atoms with van der Waals surface area (Å²) in [5.41, 5.74) is 0.979. The number of ether oxygens (including phenoxy) is 2. The molecule has 0 spiro atoms. The van der Waals surface area contributed by atoms with Gasteiger partial charge in [0.05, 0.1) is 12.3 Å². The number of carbonyl (C=O) groups excluding carboxylic acids is 1. The van der Waals surface area contributed by atoms with Crippen molar-refractivity contribution >= 4 is 6.09 Å². The molecule has 0 fully saturated rings. The van der Waals surface area contributed by atoms with Crippen molar-refractivity contribution in [3.63, 3.8) is 0 Å². The Balaban J connectivity index is 2.05. The second-order valence-corrected chi connectivity index (χ2v) is 6.50. The van der Waals surface area contributed by atoms with Gasteiger partial charge in [-0.1, -0.05) is 5.16 Å². The van der Waals surface area contributed by atoms with Gasteiger partial charge in [-0.3, -0.25) is 4.98 Å². The molecule has 0 unspecified atom stereocenters. The number of pyridine rings is 1. The van der Waals surface area contributed by atoms with Gasteiger partial charge in [-0.2, -0.15) is 4.98 Å². The number of hydrogen-bond donors (Lipinski definition) is 1. The molecule has 2 aromatic rings. The predicted octanol–water partition coefficient (Wildman–Crippen LogP) is 3.25. The van der Waals surface area contributed by atoms with Gasteiger partial charge >= 0.3 is 6.09 Å². The first-order valence-electron chi connectivity index (χ1n) is 8.14. The molecule has 8 nitrogen and oxygen atoms in total. The lowest BCUT2D eigenvalue weighted by molar-refractivity contribution is 0.0499. The van der Waals surface area contributed by atoms with Crippen LogP contribution in [0.4, 0.5) is 4.79 Å². The molecular weight excluding hydrogens is 324 g/mol. The second kappa shape index (κ2) is 8.06. The molecule has 0 saturated carbocycles. The molecule has 2 rings (SSSR count). The number of aromatic nitrogens is 3. The minimum absolute atomic E-state index is 0.295. The molecule has 1 atom stereocenters. The minimum atomic E-state index is -0.572. The zero-order valence-corrected chi connectivity index (χ0v) is 15.2. The van der Waals surface area contributed by atoms with E-state index in [2.05, 4.69) is 20.4 Å². The highest BCUT2D eigenvalue weighted by molar-refractivity contribution is 5.68. The summed E-state index contributed by atoms with van der Waals surface area (Å²) in [5, 5.41) is 6.63. The number of carbonyl (C=O) groups is 1. The van der Waals surface area contributed by atoms with Gasteiger partial charge in [0.15, 0.2) is 0 Å². The minimum Gasteiger partial charge on any atom is -0.444 e. The third kappa shape index (κ3) is 5.82. The molecule has 0 aliphatic carbocycles. The van der Waals surface area contributed by atoms with Crippen LogP contribution in [-0.4, -0.2) is 33.4 Å². The summed E-state index contributed by atoms with van der Waals surface area (Å²) >= 11 is 0. The van der Waals surface area contributed by atoms with Gasteiger partial charge in [-0.25, -0.2) is 4.79 Å². The summed E-state index contributed by atoms with van der Waals surface area (Å²) in [5.74, 6) is 0.719. The molecule has 2 aromatic heterocycles. The van der Waals surface area contributed by atoms with E-state index in [0.29, 0.717) is 24.9 Å². The summed E-state index contributed by atoms with van der Waals surface area (Å²) < 4.78 is 15.8. The first-order chi connectivity index (χ1) is 11.8. The van der Waals surface area contributed by atoms with E-state index in [1.807, 2.05) is 13.0 Å². The Labute approximate surface area is 146 Å². The van der Waals surface area contributed by atoms with E-state index in [4.69, 9.17) is 14.0 Å². The maximum Gasteiger partial charge on any atom is 0.408 e. The van der Waals surface area contributed by atoms with Crippen LogP contribution in [0.15, 0.2) is 22.9 Å². The monoisotopic (exact) mass is 348 g/mol. The van der Waals surface area contributed by atoms with Crippen LogP contribution in [0.5, 0.6) is 0 Å². The van der Waals surface area contributed by atoms with E-state index >= 15 is 0 Å². The van der Waals surface area contributed by atoms with Gasteiger partial charge < -0.3 is 19.3 Å². The van der Waals surface area contributed by atoms with Crippen molar-refractivity contribution in [2.45, 2.75) is 52.9 Å². The van der Waals surface area contributed by atoms with Crippen molar-refractivity contribution < 1.29 is 18.8 Å². The molecule has 0 aliphatic heterocycles. The smallest absolute Gasteiger partial charge is 0.408 e. The lowest BCUT2D eigenvalue weighted by Crippen LogP contribution is -2.34. The predicted molar refractivity (Wildman–Crippen MR) is 90.6 cm³/mol. The van der Waals surface area contributed by atoms with E-state index in [1.54, 1.807) is 40.0 Å². The lowest BCUT2D eigenvalue weighted by atomic mass is 10.2. The van der Waals surface area contributed by atoms with E-state index in [1.165, 1.54) is 0 Å². The Morgan fingerprint density at radius 2 is 2.16 bits per heavy atom. The molecule has 1 amide bonds. The van der Waals surface area contributed by atoms with Gasteiger partial charge in [0.2, 0.25) is 11.7 Å². The molecule has 25 heavy (non-hydrogen) atoms. The van der Waals surface area contributed by atoms with Gasteiger partial charge in [0, 0.05) is 18.4 Å². The molecule has 0 saturated heterocycles. The van der Waals surface area contributed by atoms with E-state index in [-0.39, 0.29) is 0 Å². The van der Waals surface area contributed by atoms with Crippen molar-refractivity contribution in [3.8, 4) is 11.4 Å². The maximum absolute atomic E-state index is 11.8. The van der Waals surface area contributed by atoms with Crippen molar-refractivity contribution in [2.24, 2.45) is 0 Å². The highest BCUT2D eigenvalue weighted by atomic mass is 16.6. The Morgan fingerprint density at radius 1 is 1.40 bits per heavy atom. The zero-order chi connectivity index (χ0) is 18.4. The Hall–Kier alpha value is -2.48. The van der Waals surface area contributed by atoms with Gasteiger partial charge in [0.1, 0.15) is 11.6 Å². The lowest BCUT2D eigenvalue weighted by Gasteiger charge is -2.20. The summed E-state index contributed by atoms with van der Waals surface area (Å²) in [6.45, 7) is 10.1. The fourth-order valence-electron chi connectivity index (χ4n) is 1.98. The van der Waals surface area contributed by atoms with Crippen LogP contribution in [0.1, 0.15) is 52.2 Å². The summed E-state index contributed by atoms with van der Waals surface area (Å²) in [4.78, 5) is 20.4. The SMILES string of the molecule is CCOCc1cc(-c2noc([C@H](C)NC(=O)OC(C)(C)C)n2)ccn1. The molecule has 0 aromatic carbocycles. The number of nitrogens with zero attached hydrogens (tertiary/aromatic N) is 3. The highest BCUT2D eigenvalue weighted by Crippen LogP contribution is 2.19. The topological polar surface area (TPSA) is 99.4 Å². The van der Waals surface area contributed by atoms with Crippen LogP contribution in [0, 0.1) is 0 Å². The van der Waals surface area contributed by atoms with Crippen LogP contribution in [0.3, 0.4) is 0 Å². The zero-order valence-electron chi connectivity index (χ0n) is 15.2. The summed E-state index contributed by atoms with van der Waals surface area (Å²) in [6.07, 6.45) is 1.13. The Bertz CT molecular complexity index is 709. The third-order valence-corrected chi connectivity index (χ3v) is 3.07. The van der Waals surface area contributed by atoms with Crippen LogP contribution >= 0.6 is 0 Å². The molecule has 1 N–H and O–H groups in total. The standard InChI is InChI=1S/C17H24N4O4/c1-6-23-10-13-9-12(7-8-18-13)14-20-15(25-21-14)11(2)19-16(22)24-17(3,4)5/h7-9,11H,6,10H2,1-5H3,(H,19,22)/t11-/m0/s1. The van der Waals surface area contributed by atoms with Gasteiger partial charge in [-0.15, -0.1) is 0 Å². The fraction of sp³-hybridized carbons (Fsp3) is 0.529. The van der Waals surface area contributed by atoms with Crippen LogP contribution in [0.2, 0.25) is 0 Å². The van der Waals surface area contributed by atoms with E-state index in [0.717, 1.165) is 11.3 Å². The van der Waals surface area contributed by atoms with Gasteiger partial charge in [-0.05, 0) is 46.8 Å². The maximum atomic E-state index is 11.8. The number of amides is 1. The average molecular weight is 348 g/mol. The van der Waals surface area contributed by atoms with E-state index < -0.39 is 17.7 Å². The molecule has 0 bridgehead atoms. The normalized spacial score (nSPS) is 12.7. The molecule has 8 heteroatoms. The molecule has 2 heterocycles. The first-order valence-corrected chi connectivity index (χ1v) is 8.14. The van der Waals surface area contributed by atoms with Crippen LogP contribution in [0.25, 0.3) is 11.4 Å². The highest BCUT2D eigenvalue weighted by Gasteiger charge is 2.21. The second-order valence-electron chi connectivity index (χ2n) is 6.50. The summed E-state index contributed by atoms with van der Waals surface area (Å²) in [6, 6.07) is 3.16. The number of nitrogens with one attached hydrogen (secondary N) is 1. The molecule has 0 radical (unpaired) electrons. The van der Waals surface area contributed by atoms with Gasteiger partial charge in [0.25, 0.3) is 0 Å². The van der Waals surface area contributed by atoms with Crippen LogP contribution < -0.4 is 5.32 Å². The van der Waals surface area contributed by atoms with Crippen LogP contribution in [-0.2, 0) is 16.1 Å².